The summed E-state index contributed by atoms with van der Waals surface area (Å²) in [5.74, 6) is 0. The molecule has 2 aromatic heterocycles. The first-order valence-electron chi connectivity index (χ1n) is 6.76. The van der Waals surface area contributed by atoms with Gasteiger partial charge in [0.05, 0.1) is 36.6 Å². The number of aryl methyl sites for hydroxylation is 1. The maximum absolute atomic E-state index is 12.6. The number of fused-ring (bicyclic) bond motifs is 1. The maximum Gasteiger partial charge on any atom is 0.332 e. The fourth-order valence-corrected chi connectivity index (χ4v) is 3.42. The van der Waals surface area contributed by atoms with Gasteiger partial charge in [0.25, 0.3) is 5.56 Å². The summed E-state index contributed by atoms with van der Waals surface area (Å²) < 4.78 is 12.6. The molecule has 7 nitrogen and oxygen atoms in total. The van der Waals surface area contributed by atoms with Crippen LogP contribution in [0.2, 0.25) is 0 Å². The van der Waals surface area contributed by atoms with Gasteiger partial charge in [-0.2, -0.15) is 0 Å². The Kier molecular flexibility index (Phi) is 5.28. The van der Waals surface area contributed by atoms with E-state index >= 15 is 0 Å². The third-order valence-electron chi connectivity index (χ3n) is 3.48. The Morgan fingerprint density at radius 3 is 2.23 bits per heavy atom. The molecule has 0 aliphatic carbocycles. The second kappa shape index (κ2) is 6.99. The first-order valence-corrected chi connectivity index (χ1v) is 7.58. The number of aldehydes is 1. The smallest absolute Gasteiger partial charge is 0.332 e. The van der Waals surface area contributed by atoms with Crippen LogP contribution in [0.5, 0.6) is 0 Å². The summed E-state index contributed by atoms with van der Waals surface area (Å²) in [4.78, 5) is 37.3. The van der Waals surface area contributed by atoms with Gasteiger partial charge in [0, 0.05) is 14.2 Å². The van der Waals surface area contributed by atoms with Gasteiger partial charge in [-0.1, -0.05) is 0 Å². The highest BCUT2D eigenvalue weighted by molar-refractivity contribution is 7.20. The van der Waals surface area contributed by atoms with Gasteiger partial charge in [-0.3, -0.25) is 18.7 Å². The van der Waals surface area contributed by atoms with E-state index in [9.17, 15) is 14.4 Å². The molecule has 0 unspecified atom stereocenters. The van der Waals surface area contributed by atoms with Crippen molar-refractivity contribution in [3.8, 4) is 0 Å². The summed E-state index contributed by atoms with van der Waals surface area (Å²) >= 11 is 1.16. The van der Waals surface area contributed by atoms with Crippen LogP contribution in [0.15, 0.2) is 9.59 Å². The molecule has 0 N–H and O–H groups in total. The average molecular weight is 326 g/mol. The van der Waals surface area contributed by atoms with Crippen LogP contribution in [-0.2, 0) is 22.6 Å². The molecular weight excluding hydrogens is 308 g/mol. The van der Waals surface area contributed by atoms with Crippen molar-refractivity contribution in [1.29, 1.82) is 0 Å². The minimum absolute atomic E-state index is 0.169. The summed E-state index contributed by atoms with van der Waals surface area (Å²) in [7, 11) is 3.05. The van der Waals surface area contributed by atoms with E-state index in [4.69, 9.17) is 9.47 Å². The van der Waals surface area contributed by atoms with Crippen LogP contribution in [0.3, 0.4) is 0 Å². The van der Waals surface area contributed by atoms with Gasteiger partial charge in [-0.05, 0) is 12.5 Å². The second-order valence-electron chi connectivity index (χ2n) is 4.77. The Hall–Kier alpha value is -1.77. The van der Waals surface area contributed by atoms with E-state index in [0.717, 1.165) is 15.9 Å². The van der Waals surface area contributed by atoms with Crippen LogP contribution >= 0.6 is 11.3 Å². The fraction of sp³-hybridized carbons (Fsp3) is 0.500. The number of rotatable bonds is 7. The fourth-order valence-electron chi connectivity index (χ4n) is 2.28. The Balaban J connectivity index is 2.80. The number of ether oxygens (including phenoxy) is 2. The molecule has 2 heterocycles. The molecule has 22 heavy (non-hydrogen) atoms. The summed E-state index contributed by atoms with van der Waals surface area (Å²) in [5, 5.41) is 0.416. The Morgan fingerprint density at radius 1 is 1.09 bits per heavy atom. The SMILES string of the molecule is COCCn1c(=O)c2c(C)c(C=O)sc2n(CCOC)c1=O. The largest absolute Gasteiger partial charge is 0.383 e. The highest BCUT2D eigenvalue weighted by atomic mass is 32.1. The normalized spacial score (nSPS) is 11.2. The number of nitrogens with zero attached hydrogens (tertiary/aromatic N) is 2. The van der Waals surface area contributed by atoms with E-state index in [1.165, 1.54) is 11.7 Å². The molecule has 120 valence electrons. The molecule has 0 saturated heterocycles. The molecule has 0 aliphatic rings. The molecule has 0 amide bonds. The summed E-state index contributed by atoms with van der Waals surface area (Å²) in [6.07, 6.45) is 0.712. The molecule has 2 aromatic rings. The van der Waals surface area contributed by atoms with E-state index in [0.29, 0.717) is 40.1 Å². The number of hydrogen-bond donors (Lipinski definition) is 0. The van der Waals surface area contributed by atoms with Gasteiger partial charge >= 0.3 is 5.69 Å². The van der Waals surface area contributed by atoms with Crippen molar-refractivity contribution in [2.75, 3.05) is 27.4 Å². The second-order valence-corrected chi connectivity index (χ2v) is 5.80. The summed E-state index contributed by atoms with van der Waals surface area (Å²) in [5.41, 5.74) is -0.185. The predicted molar refractivity (Wildman–Crippen MR) is 84.2 cm³/mol. The van der Waals surface area contributed by atoms with Crippen LogP contribution in [-0.4, -0.2) is 42.9 Å². The lowest BCUT2D eigenvalue weighted by atomic mass is 10.2. The summed E-state index contributed by atoms with van der Waals surface area (Å²) in [6.45, 7) is 2.80. The lowest BCUT2D eigenvalue weighted by molar-refractivity contribution is 0.112. The van der Waals surface area contributed by atoms with Crippen molar-refractivity contribution in [3.05, 3.63) is 31.3 Å². The van der Waals surface area contributed by atoms with Crippen LogP contribution in [0, 0.1) is 6.92 Å². The number of carbonyl (C=O) groups excluding carboxylic acids is 1. The molecule has 0 atom stereocenters. The Labute approximate surface area is 130 Å². The van der Waals surface area contributed by atoms with Crippen LogP contribution in [0.25, 0.3) is 10.2 Å². The topological polar surface area (TPSA) is 79.5 Å². The van der Waals surface area contributed by atoms with Crippen molar-refractivity contribution in [1.82, 2.24) is 9.13 Å². The van der Waals surface area contributed by atoms with E-state index < -0.39 is 5.69 Å². The molecule has 8 heteroatoms. The van der Waals surface area contributed by atoms with Crippen molar-refractivity contribution in [2.24, 2.45) is 0 Å². The van der Waals surface area contributed by atoms with Gasteiger partial charge < -0.3 is 9.47 Å². The molecule has 0 aromatic carbocycles. The highest BCUT2D eigenvalue weighted by Gasteiger charge is 2.19. The zero-order valence-corrected chi connectivity index (χ0v) is 13.6. The number of thiophene rings is 1. The van der Waals surface area contributed by atoms with Crippen LogP contribution < -0.4 is 11.2 Å². The number of aromatic nitrogens is 2. The van der Waals surface area contributed by atoms with E-state index in [2.05, 4.69) is 0 Å². The number of hydrogen-bond acceptors (Lipinski definition) is 6. The minimum Gasteiger partial charge on any atom is -0.383 e. The maximum atomic E-state index is 12.6. The van der Waals surface area contributed by atoms with Crippen LogP contribution in [0.1, 0.15) is 15.2 Å². The quantitative estimate of drug-likeness (QED) is 0.698. The Bertz CT molecular complexity index is 802. The predicted octanol–water partition coefficient (Wildman–Crippen LogP) is 0.638. The molecule has 0 spiro atoms. The third-order valence-corrected chi connectivity index (χ3v) is 4.72. The van der Waals surface area contributed by atoms with Crippen molar-refractivity contribution in [2.45, 2.75) is 20.0 Å². The zero-order valence-electron chi connectivity index (χ0n) is 12.7. The molecule has 0 radical (unpaired) electrons. The highest BCUT2D eigenvalue weighted by Crippen LogP contribution is 2.26. The summed E-state index contributed by atoms with van der Waals surface area (Å²) in [6, 6.07) is 0. The first kappa shape index (κ1) is 16.6. The van der Waals surface area contributed by atoms with Gasteiger partial charge in [0.1, 0.15) is 4.83 Å². The van der Waals surface area contributed by atoms with E-state index in [1.54, 1.807) is 14.0 Å². The Morgan fingerprint density at radius 2 is 1.68 bits per heavy atom. The van der Waals surface area contributed by atoms with Gasteiger partial charge in [0.2, 0.25) is 0 Å². The van der Waals surface area contributed by atoms with Crippen molar-refractivity contribution < 1.29 is 14.3 Å². The first-order chi connectivity index (χ1) is 10.6. The number of methoxy groups -OCH3 is 2. The third kappa shape index (κ3) is 2.77. The van der Waals surface area contributed by atoms with Gasteiger partial charge in [-0.25, -0.2) is 4.79 Å². The van der Waals surface area contributed by atoms with Gasteiger partial charge in [0.15, 0.2) is 6.29 Å². The number of carbonyl (C=O) groups is 1. The van der Waals surface area contributed by atoms with E-state index in [-0.39, 0.29) is 18.7 Å². The molecule has 0 fully saturated rings. The zero-order chi connectivity index (χ0) is 16.3. The van der Waals surface area contributed by atoms with Crippen molar-refractivity contribution >= 4 is 27.8 Å². The molecule has 0 saturated carbocycles. The molecule has 2 rings (SSSR count). The van der Waals surface area contributed by atoms with Crippen molar-refractivity contribution in [3.63, 3.8) is 0 Å². The standard InChI is InChI=1S/C14H18N2O5S/c1-9-10(8-17)22-13-11(9)12(18)15(4-6-20-2)14(19)16(13)5-7-21-3/h8H,4-7H2,1-3H3. The molecule has 0 bridgehead atoms. The lowest BCUT2D eigenvalue weighted by Crippen LogP contribution is -2.41. The average Bonchev–Trinajstić information content (AvgIpc) is 2.84. The molecule has 0 aliphatic heterocycles. The molecular formula is C14H18N2O5S. The lowest BCUT2D eigenvalue weighted by Gasteiger charge is -2.11. The minimum atomic E-state index is -0.412. The van der Waals surface area contributed by atoms with Crippen LogP contribution in [0.4, 0.5) is 0 Å². The monoisotopic (exact) mass is 326 g/mol. The van der Waals surface area contributed by atoms with Gasteiger partial charge in [-0.15, -0.1) is 11.3 Å². The van der Waals surface area contributed by atoms with E-state index in [1.807, 2.05) is 0 Å².